The summed E-state index contributed by atoms with van der Waals surface area (Å²) in [7, 11) is 0. The standard InChI is InChI=1S/C61H39N5/c1-3-18-40(19-4-1)45-36-37-48(47-25-8-7-24-46(45)47)53-35-34-43(39-58(53)66-56-32-15-11-28-51(56)52-29-12-16-33-57(52)66)61-63-59(41-20-5-2-6-21-41)62-60(64-61)42-22-17-23-44(38-42)65-54-30-13-9-26-49(54)50-27-10-14-31-55(50)65/h1-39H. The van der Waals surface area contributed by atoms with Crippen molar-refractivity contribution in [2.75, 3.05) is 0 Å². The van der Waals surface area contributed by atoms with Crippen LogP contribution in [0.5, 0.6) is 0 Å². The second-order valence-electron chi connectivity index (χ2n) is 16.8. The monoisotopic (exact) mass is 841 g/mol. The molecule has 0 N–H and O–H groups in total. The number of benzene rings is 10. The van der Waals surface area contributed by atoms with Crippen molar-refractivity contribution >= 4 is 54.4 Å². The zero-order valence-electron chi connectivity index (χ0n) is 35.8. The molecule has 0 amide bonds. The van der Waals surface area contributed by atoms with Crippen LogP contribution >= 0.6 is 0 Å². The van der Waals surface area contributed by atoms with E-state index in [4.69, 9.17) is 15.0 Å². The molecule has 0 fully saturated rings. The number of rotatable bonds is 7. The van der Waals surface area contributed by atoms with Gasteiger partial charge in [-0.3, -0.25) is 0 Å². The molecule has 308 valence electrons. The quantitative estimate of drug-likeness (QED) is 0.161. The Morgan fingerprint density at radius 3 is 1.20 bits per heavy atom. The van der Waals surface area contributed by atoms with E-state index in [2.05, 4.69) is 228 Å². The fraction of sp³-hybridized carbons (Fsp3) is 0. The Labute approximate surface area is 381 Å². The van der Waals surface area contributed by atoms with Gasteiger partial charge in [-0.05, 0) is 69.9 Å². The van der Waals surface area contributed by atoms with Crippen molar-refractivity contribution in [2.45, 2.75) is 0 Å². The molecule has 0 saturated carbocycles. The van der Waals surface area contributed by atoms with E-state index < -0.39 is 0 Å². The van der Waals surface area contributed by atoms with E-state index in [1.807, 2.05) is 18.2 Å². The lowest BCUT2D eigenvalue weighted by Gasteiger charge is -2.18. The van der Waals surface area contributed by atoms with Gasteiger partial charge in [0.2, 0.25) is 0 Å². The first kappa shape index (κ1) is 37.6. The lowest BCUT2D eigenvalue weighted by atomic mass is 9.91. The summed E-state index contributed by atoms with van der Waals surface area (Å²) in [6.45, 7) is 0. The zero-order valence-corrected chi connectivity index (χ0v) is 35.8. The molecular weight excluding hydrogens is 803 g/mol. The van der Waals surface area contributed by atoms with Crippen LogP contribution in [0.4, 0.5) is 0 Å². The van der Waals surface area contributed by atoms with Gasteiger partial charge in [-0.1, -0.05) is 194 Å². The van der Waals surface area contributed by atoms with Gasteiger partial charge in [-0.15, -0.1) is 0 Å². The van der Waals surface area contributed by atoms with Crippen molar-refractivity contribution in [3.8, 4) is 67.8 Å². The maximum atomic E-state index is 5.35. The minimum Gasteiger partial charge on any atom is -0.309 e. The van der Waals surface area contributed by atoms with E-state index in [0.29, 0.717) is 17.5 Å². The number of aromatic nitrogens is 5. The molecule has 3 heterocycles. The van der Waals surface area contributed by atoms with Gasteiger partial charge >= 0.3 is 0 Å². The van der Waals surface area contributed by atoms with Crippen LogP contribution in [-0.2, 0) is 0 Å². The molecule has 13 rings (SSSR count). The van der Waals surface area contributed by atoms with E-state index in [1.165, 1.54) is 43.4 Å². The van der Waals surface area contributed by atoms with E-state index in [0.717, 1.165) is 61.3 Å². The predicted octanol–water partition coefficient (Wildman–Crippen LogP) is 15.6. The number of para-hydroxylation sites is 4. The van der Waals surface area contributed by atoms with E-state index in [1.54, 1.807) is 0 Å². The van der Waals surface area contributed by atoms with Gasteiger partial charge in [-0.2, -0.15) is 0 Å². The van der Waals surface area contributed by atoms with Crippen molar-refractivity contribution in [3.63, 3.8) is 0 Å². The van der Waals surface area contributed by atoms with Crippen LogP contribution in [0.15, 0.2) is 237 Å². The number of nitrogens with zero attached hydrogens (tertiary/aromatic N) is 5. The Hall–Kier alpha value is -8.93. The van der Waals surface area contributed by atoms with Crippen LogP contribution in [0.2, 0.25) is 0 Å². The minimum absolute atomic E-state index is 0.596. The van der Waals surface area contributed by atoms with E-state index in [9.17, 15) is 0 Å². The maximum absolute atomic E-state index is 5.35. The average Bonchev–Trinajstić information content (AvgIpc) is 3.92. The van der Waals surface area contributed by atoms with Gasteiger partial charge in [0.05, 0.1) is 27.8 Å². The Bertz CT molecular complexity index is 3890. The fourth-order valence-corrected chi connectivity index (χ4v) is 10.0. The van der Waals surface area contributed by atoms with Crippen molar-refractivity contribution in [1.82, 2.24) is 24.1 Å². The Morgan fingerprint density at radius 1 is 0.242 bits per heavy atom. The number of fused-ring (bicyclic) bond motifs is 7. The number of hydrogen-bond acceptors (Lipinski definition) is 3. The first-order valence-corrected chi connectivity index (χ1v) is 22.4. The molecule has 0 radical (unpaired) electrons. The molecule has 0 spiro atoms. The van der Waals surface area contributed by atoms with Crippen molar-refractivity contribution < 1.29 is 0 Å². The molecule has 5 heteroatoms. The molecule has 0 atom stereocenters. The van der Waals surface area contributed by atoms with Crippen molar-refractivity contribution in [2.24, 2.45) is 0 Å². The average molecular weight is 842 g/mol. The minimum atomic E-state index is 0.596. The summed E-state index contributed by atoms with van der Waals surface area (Å²) in [6.07, 6.45) is 0. The topological polar surface area (TPSA) is 48.5 Å². The first-order valence-electron chi connectivity index (χ1n) is 22.4. The molecule has 10 aromatic carbocycles. The van der Waals surface area contributed by atoms with Gasteiger partial charge in [0.25, 0.3) is 0 Å². The van der Waals surface area contributed by atoms with Gasteiger partial charge in [0.15, 0.2) is 17.5 Å². The molecule has 0 aliphatic heterocycles. The predicted molar refractivity (Wildman–Crippen MR) is 273 cm³/mol. The number of hydrogen-bond donors (Lipinski definition) is 0. The molecule has 5 nitrogen and oxygen atoms in total. The summed E-state index contributed by atoms with van der Waals surface area (Å²) < 4.78 is 4.75. The normalized spacial score (nSPS) is 11.6. The molecule has 3 aromatic heterocycles. The van der Waals surface area contributed by atoms with Gasteiger partial charge in [-0.25, -0.2) is 15.0 Å². The van der Waals surface area contributed by atoms with Gasteiger partial charge < -0.3 is 9.13 Å². The van der Waals surface area contributed by atoms with Crippen LogP contribution in [0.1, 0.15) is 0 Å². The largest absolute Gasteiger partial charge is 0.309 e. The molecule has 13 aromatic rings. The highest BCUT2D eigenvalue weighted by Crippen LogP contribution is 2.42. The molecule has 0 unspecified atom stereocenters. The maximum Gasteiger partial charge on any atom is 0.164 e. The van der Waals surface area contributed by atoms with E-state index in [-0.39, 0.29) is 0 Å². The third-order valence-corrected chi connectivity index (χ3v) is 13.0. The molecule has 66 heavy (non-hydrogen) atoms. The summed E-state index contributed by atoms with van der Waals surface area (Å²) in [6, 6.07) is 84.1. The van der Waals surface area contributed by atoms with Gasteiger partial charge in [0.1, 0.15) is 0 Å². The second kappa shape index (κ2) is 15.4. The summed E-state index contributed by atoms with van der Waals surface area (Å²) in [5, 5.41) is 7.23. The molecule has 0 bridgehead atoms. The van der Waals surface area contributed by atoms with Crippen LogP contribution < -0.4 is 0 Å². The molecule has 0 aliphatic carbocycles. The highest BCUT2D eigenvalue weighted by Gasteiger charge is 2.21. The summed E-state index contributed by atoms with van der Waals surface area (Å²) in [5.41, 5.74) is 14.0. The molecule has 0 saturated heterocycles. The smallest absolute Gasteiger partial charge is 0.164 e. The van der Waals surface area contributed by atoms with Crippen LogP contribution in [0, 0.1) is 0 Å². The van der Waals surface area contributed by atoms with Crippen molar-refractivity contribution in [3.05, 3.63) is 237 Å². The summed E-state index contributed by atoms with van der Waals surface area (Å²) in [4.78, 5) is 15.8. The second-order valence-corrected chi connectivity index (χ2v) is 16.8. The fourth-order valence-electron chi connectivity index (χ4n) is 10.0. The van der Waals surface area contributed by atoms with E-state index >= 15 is 0 Å². The lowest BCUT2D eigenvalue weighted by molar-refractivity contribution is 1.07. The van der Waals surface area contributed by atoms with Crippen LogP contribution in [0.25, 0.3) is 122 Å². The molecule has 0 aliphatic rings. The Morgan fingerprint density at radius 2 is 0.636 bits per heavy atom. The third-order valence-electron chi connectivity index (χ3n) is 13.0. The zero-order chi connectivity index (χ0) is 43.6. The Balaban J connectivity index is 1.05. The Kier molecular flexibility index (Phi) is 8.78. The highest BCUT2D eigenvalue weighted by atomic mass is 15.0. The third kappa shape index (κ3) is 6.13. The lowest BCUT2D eigenvalue weighted by Crippen LogP contribution is -2.03. The van der Waals surface area contributed by atoms with Crippen LogP contribution in [-0.4, -0.2) is 24.1 Å². The summed E-state index contributed by atoms with van der Waals surface area (Å²) >= 11 is 0. The van der Waals surface area contributed by atoms with Crippen molar-refractivity contribution in [1.29, 1.82) is 0 Å². The summed E-state index contributed by atoms with van der Waals surface area (Å²) in [5.74, 6) is 1.81. The van der Waals surface area contributed by atoms with Gasteiger partial charge in [0, 0.05) is 49.5 Å². The first-order chi connectivity index (χ1) is 32.7. The van der Waals surface area contributed by atoms with Crippen LogP contribution in [0.3, 0.4) is 0 Å². The SMILES string of the molecule is c1ccc(-c2nc(-c3cccc(-n4c5ccccc5c5ccccc54)c3)nc(-c3ccc(-c4ccc(-c5ccccc5)c5ccccc45)c(-n4c5ccccc5c5ccccc54)c3)n2)cc1. The molecular formula is C61H39N5. The highest BCUT2D eigenvalue weighted by molar-refractivity contribution is 6.12.